The normalized spacial score (nSPS) is 11.6. The molecule has 0 atom stereocenters. The summed E-state index contributed by atoms with van der Waals surface area (Å²) in [5.41, 5.74) is 18.7. The van der Waals surface area contributed by atoms with Crippen LogP contribution in [-0.2, 0) is 6.54 Å². The van der Waals surface area contributed by atoms with Crippen LogP contribution in [0.3, 0.4) is 0 Å². The first-order chi connectivity index (χ1) is 23.2. The predicted octanol–water partition coefficient (Wildman–Crippen LogP) is 11.7. The summed E-state index contributed by atoms with van der Waals surface area (Å²) in [6.45, 7) is 0.693. The fraction of sp³-hybridized carbons (Fsp3) is 0.0233. The molecule has 0 fully saturated rings. The highest BCUT2D eigenvalue weighted by molar-refractivity contribution is 6.15. The topological polar surface area (TPSA) is 55.5 Å². The van der Waals surface area contributed by atoms with Crippen LogP contribution in [0.25, 0.3) is 66.1 Å². The van der Waals surface area contributed by atoms with Crippen molar-refractivity contribution < 1.29 is 8.83 Å². The molecule has 4 heteroatoms. The van der Waals surface area contributed by atoms with Crippen LogP contribution >= 0.6 is 0 Å². The molecule has 9 aromatic rings. The van der Waals surface area contributed by atoms with Crippen molar-refractivity contribution in [1.29, 1.82) is 0 Å². The van der Waals surface area contributed by atoms with E-state index in [0.717, 1.165) is 83.2 Å². The molecule has 0 saturated heterocycles. The molecule has 47 heavy (non-hydrogen) atoms. The SMILES string of the molecule is Nc1cc(-c2ccccc2)ccc1N(Cc1ccccc1)c1ccc(-c2ccc3oc4cc5c(cc4c3c2)oc2ccccc25)cc1. The number of anilines is 3. The number of nitrogens with zero attached hydrogens (tertiary/aromatic N) is 1. The summed E-state index contributed by atoms with van der Waals surface area (Å²) in [7, 11) is 0. The molecule has 0 radical (unpaired) electrons. The van der Waals surface area contributed by atoms with E-state index in [-0.39, 0.29) is 0 Å². The van der Waals surface area contributed by atoms with E-state index in [1.807, 2.05) is 30.3 Å². The maximum atomic E-state index is 6.76. The molecule has 2 heterocycles. The number of hydrogen-bond donors (Lipinski definition) is 1. The van der Waals surface area contributed by atoms with E-state index in [2.05, 4.69) is 132 Å². The monoisotopic (exact) mass is 606 g/mol. The summed E-state index contributed by atoms with van der Waals surface area (Å²) in [4.78, 5) is 2.29. The summed E-state index contributed by atoms with van der Waals surface area (Å²) >= 11 is 0. The Hall–Kier alpha value is -6.26. The van der Waals surface area contributed by atoms with Crippen LogP contribution in [0.1, 0.15) is 5.56 Å². The standard InChI is InChI=1S/C43H30N2O2/c44-38-24-32(29-11-5-2-6-12-29)17-21-39(38)45(27-28-9-3-1-4-10-28)33-19-15-30(16-20-33)31-18-22-41-35(23-31)37-26-42-36(25-43(37)47-41)34-13-7-8-14-40(34)46-42/h1-26H,27,44H2. The molecule has 0 aliphatic carbocycles. The van der Waals surface area contributed by atoms with Gasteiger partial charge in [-0.2, -0.15) is 0 Å². The summed E-state index contributed by atoms with van der Waals surface area (Å²) < 4.78 is 12.5. The fourth-order valence-electron chi connectivity index (χ4n) is 6.70. The van der Waals surface area contributed by atoms with Gasteiger partial charge < -0.3 is 19.5 Å². The van der Waals surface area contributed by atoms with Gasteiger partial charge in [0.1, 0.15) is 22.3 Å². The smallest absolute Gasteiger partial charge is 0.136 e. The molecule has 0 aliphatic heterocycles. The average molecular weight is 607 g/mol. The number of para-hydroxylation sites is 1. The Kier molecular flexibility index (Phi) is 6.32. The zero-order valence-corrected chi connectivity index (χ0v) is 25.6. The van der Waals surface area contributed by atoms with Gasteiger partial charge in [-0.05, 0) is 82.4 Å². The second-order valence-corrected chi connectivity index (χ2v) is 12.0. The molecule has 2 aromatic heterocycles. The van der Waals surface area contributed by atoms with E-state index < -0.39 is 0 Å². The van der Waals surface area contributed by atoms with E-state index in [4.69, 9.17) is 14.6 Å². The maximum absolute atomic E-state index is 6.76. The Balaban J connectivity index is 1.09. The van der Waals surface area contributed by atoms with Gasteiger partial charge in [0.15, 0.2) is 0 Å². The molecule has 224 valence electrons. The number of fused-ring (bicyclic) bond motifs is 6. The first kappa shape index (κ1) is 27.1. The molecular formula is C43H30N2O2. The molecule has 2 N–H and O–H groups in total. The molecule has 0 aliphatic rings. The van der Waals surface area contributed by atoms with Crippen LogP contribution in [0, 0.1) is 0 Å². The number of hydrogen-bond acceptors (Lipinski definition) is 4. The Bertz CT molecular complexity index is 2550. The van der Waals surface area contributed by atoms with Crippen LogP contribution in [0.4, 0.5) is 17.1 Å². The van der Waals surface area contributed by atoms with Gasteiger partial charge in [-0.3, -0.25) is 0 Å². The van der Waals surface area contributed by atoms with Crippen molar-refractivity contribution in [3.05, 3.63) is 163 Å². The number of furan rings is 2. The quantitative estimate of drug-likeness (QED) is 0.191. The third-order valence-electron chi connectivity index (χ3n) is 9.09. The summed E-state index contributed by atoms with van der Waals surface area (Å²) in [6.07, 6.45) is 0. The predicted molar refractivity (Wildman–Crippen MR) is 195 cm³/mol. The van der Waals surface area contributed by atoms with Gasteiger partial charge in [-0.25, -0.2) is 0 Å². The molecule has 0 bridgehead atoms. The van der Waals surface area contributed by atoms with Gasteiger partial charge in [0.25, 0.3) is 0 Å². The second kappa shape index (κ2) is 11.0. The highest BCUT2D eigenvalue weighted by atomic mass is 16.3. The number of benzene rings is 7. The van der Waals surface area contributed by atoms with Crippen molar-refractivity contribution in [3.8, 4) is 22.3 Å². The first-order valence-corrected chi connectivity index (χ1v) is 15.8. The number of nitrogen functional groups attached to an aromatic ring is 1. The van der Waals surface area contributed by atoms with E-state index in [1.54, 1.807) is 0 Å². The summed E-state index contributed by atoms with van der Waals surface area (Å²) in [6, 6.07) is 54.7. The van der Waals surface area contributed by atoms with Crippen LogP contribution < -0.4 is 10.6 Å². The van der Waals surface area contributed by atoms with Crippen LogP contribution in [0.5, 0.6) is 0 Å². The van der Waals surface area contributed by atoms with Crippen molar-refractivity contribution in [3.63, 3.8) is 0 Å². The van der Waals surface area contributed by atoms with Gasteiger partial charge in [0.05, 0.1) is 11.4 Å². The summed E-state index contributed by atoms with van der Waals surface area (Å²) in [5.74, 6) is 0. The zero-order chi connectivity index (χ0) is 31.3. The molecular weight excluding hydrogens is 576 g/mol. The van der Waals surface area contributed by atoms with Crippen LogP contribution in [0.2, 0.25) is 0 Å². The molecule has 0 unspecified atom stereocenters. The average Bonchev–Trinajstić information content (AvgIpc) is 3.67. The van der Waals surface area contributed by atoms with Crippen LogP contribution in [0.15, 0.2) is 167 Å². The lowest BCUT2D eigenvalue weighted by molar-refractivity contribution is 0.664. The van der Waals surface area contributed by atoms with Crippen molar-refractivity contribution >= 4 is 60.9 Å². The van der Waals surface area contributed by atoms with Crippen LogP contribution in [-0.4, -0.2) is 0 Å². The molecule has 4 nitrogen and oxygen atoms in total. The Labute approximate surface area is 271 Å². The van der Waals surface area contributed by atoms with E-state index in [1.165, 1.54) is 5.56 Å². The molecule has 9 rings (SSSR count). The van der Waals surface area contributed by atoms with Gasteiger partial charge in [-0.1, -0.05) is 103 Å². The van der Waals surface area contributed by atoms with E-state index in [9.17, 15) is 0 Å². The summed E-state index contributed by atoms with van der Waals surface area (Å²) in [5, 5.41) is 4.29. The zero-order valence-electron chi connectivity index (χ0n) is 25.6. The van der Waals surface area contributed by atoms with Crippen molar-refractivity contribution in [1.82, 2.24) is 0 Å². The minimum absolute atomic E-state index is 0.693. The highest BCUT2D eigenvalue weighted by Crippen LogP contribution is 2.39. The Morgan fingerprint density at radius 1 is 0.426 bits per heavy atom. The first-order valence-electron chi connectivity index (χ1n) is 15.8. The third-order valence-corrected chi connectivity index (χ3v) is 9.09. The number of nitrogens with two attached hydrogens (primary N) is 1. The largest absolute Gasteiger partial charge is 0.456 e. The molecule has 0 saturated carbocycles. The van der Waals surface area contributed by atoms with Crippen molar-refractivity contribution in [2.45, 2.75) is 6.54 Å². The van der Waals surface area contributed by atoms with E-state index >= 15 is 0 Å². The lowest BCUT2D eigenvalue weighted by Crippen LogP contribution is -2.18. The van der Waals surface area contributed by atoms with Gasteiger partial charge in [-0.15, -0.1) is 0 Å². The van der Waals surface area contributed by atoms with E-state index in [0.29, 0.717) is 6.54 Å². The third kappa shape index (κ3) is 4.79. The minimum atomic E-state index is 0.693. The fourth-order valence-corrected chi connectivity index (χ4v) is 6.70. The number of rotatable bonds is 6. The Morgan fingerprint density at radius 2 is 0.979 bits per heavy atom. The highest BCUT2D eigenvalue weighted by Gasteiger charge is 2.16. The lowest BCUT2D eigenvalue weighted by atomic mass is 10.0. The minimum Gasteiger partial charge on any atom is -0.456 e. The van der Waals surface area contributed by atoms with Gasteiger partial charge in [0.2, 0.25) is 0 Å². The molecule has 7 aromatic carbocycles. The maximum Gasteiger partial charge on any atom is 0.136 e. The van der Waals surface area contributed by atoms with Gasteiger partial charge in [0, 0.05) is 33.8 Å². The molecule has 0 spiro atoms. The molecule has 0 amide bonds. The van der Waals surface area contributed by atoms with Gasteiger partial charge >= 0.3 is 0 Å². The second-order valence-electron chi connectivity index (χ2n) is 12.0. The van der Waals surface area contributed by atoms with Crippen molar-refractivity contribution in [2.24, 2.45) is 0 Å². The van der Waals surface area contributed by atoms with Crippen molar-refractivity contribution in [2.75, 3.05) is 10.6 Å². The lowest BCUT2D eigenvalue weighted by Gasteiger charge is -2.27. The Morgan fingerprint density at radius 3 is 1.72 bits per heavy atom.